The summed E-state index contributed by atoms with van der Waals surface area (Å²) in [5.74, 6) is 1.64. The van der Waals surface area contributed by atoms with Crippen LogP contribution in [0.2, 0.25) is 0 Å². The van der Waals surface area contributed by atoms with Crippen LogP contribution in [0.3, 0.4) is 0 Å². The van der Waals surface area contributed by atoms with Crippen molar-refractivity contribution in [3.05, 3.63) is 17.2 Å². The average Bonchev–Trinajstić information content (AvgIpc) is 2.94. The number of fused-ring (bicyclic) bond motifs is 1. The Morgan fingerprint density at radius 1 is 1.45 bits per heavy atom. The summed E-state index contributed by atoms with van der Waals surface area (Å²) >= 11 is 0. The molecule has 5 nitrogen and oxygen atoms in total. The van der Waals surface area contributed by atoms with Gasteiger partial charge in [0.1, 0.15) is 5.82 Å². The first-order valence-electron chi connectivity index (χ1n) is 7.68. The van der Waals surface area contributed by atoms with Gasteiger partial charge in [-0.25, -0.2) is 4.98 Å². The number of nitrogens with one attached hydrogen (secondary N) is 1. The Labute approximate surface area is 121 Å². The lowest BCUT2D eigenvalue weighted by Gasteiger charge is -2.33. The van der Waals surface area contributed by atoms with Gasteiger partial charge >= 0.3 is 0 Å². The maximum atomic E-state index is 10.5. The van der Waals surface area contributed by atoms with Crippen molar-refractivity contribution < 1.29 is 5.11 Å². The highest BCUT2D eigenvalue weighted by atomic mass is 16.3. The highest BCUT2D eigenvalue weighted by Gasteiger charge is 2.34. The van der Waals surface area contributed by atoms with Crippen molar-refractivity contribution in [3.63, 3.8) is 0 Å². The second-order valence-corrected chi connectivity index (χ2v) is 6.69. The van der Waals surface area contributed by atoms with Gasteiger partial charge in [-0.2, -0.15) is 0 Å². The predicted molar refractivity (Wildman–Crippen MR) is 78.7 cm³/mol. The SMILES string of the molecule is CC(C)c1nc2c(n1C)CCN(CC1(O)CCNC1)C2. The maximum absolute atomic E-state index is 10.5. The average molecular weight is 278 g/mol. The number of hydrogen-bond acceptors (Lipinski definition) is 4. The van der Waals surface area contributed by atoms with E-state index in [2.05, 4.69) is 35.7 Å². The zero-order valence-electron chi connectivity index (χ0n) is 12.8. The Hall–Kier alpha value is -0.910. The lowest BCUT2D eigenvalue weighted by molar-refractivity contribution is 0.0162. The minimum absolute atomic E-state index is 0.460. The van der Waals surface area contributed by atoms with Crippen LogP contribution in [0.4, 0.5) is 0 Å². The molecule has 2 aliphatic heterocycles. The molecule has 1 unspecified atom stereocenters. The van der Waals surface area contributed by atoms with Gasteiger partial charge in [-0.3, -0.25) is 4.90 Å². The first-order valence-corrected chi connectivity index (χ1v) is 7.68. The first-order chi connectivity index (χ1) is 9.48. The molecule has 1 atom stereocenters. The number of imidazole rings is 1. The minimum atomic E-state index is -0.548. The molecule has 0 aromatic carbocycles. The van der Waals surface area contributed by atoms with Crippen LogP contribution >= 0.6 is 0 Å². The van der Waals surface area contributed by atoms with Crippen LogP contribution in [0.25, 0.3) is 0 Å². The van der Waals surface area contributed by atoms with E-state index in [0.717, 1.165) is 45.6 Å². The fourth-order valence-electron chi connectivity index (χ4n) is 3.54. The van der Waals surface area contributed by atoms with Crippen molar-refractivity contribution in [1.29, 1.82) is 0 Å². The molecule has 1 aromatic heterocycles. The van der Waals surface area contributed by atoms with E-state index >= 15 is 0 Å². The summed E-state index contributed by atoms with van der Waals surface area (Å²) in [5, 5.41) is 13.8. The van der Waals surface area contributed by atoms with Crippen molar-refractivity contribution in [2.45, 2.75) is 44.8 Å². The maximum Gasteiger partial charge on any atom is 0.111 e. The summed E-state index contributed by atoms with van der Waals surface area (Å²) in [6.07, 6.45) is 1.89. The molecule has 3 rings (SSSR count). The predicted octanol–water partition coefficient (Wildman–Crippen LogP) is 0.626. The van der Waals surface area contributed by atoms with Gasteiger partial charge in [-0.1, -0.05) is 13.8 Å². The summed E-state index contributed by atoms with van der Waals surface area (Å²) in [6, 6.07) is 0. The van der Waals surface area contributed by atoms with E-state index in [9.17, 15) is 5.11 Å². The third-order valence-corrected chi connectivity index (χ3v) is 4.62. The van der Waals surface area contributed by atoms with Crippen LogP contribution < -0.4 is 5.32 Å². The van der Waals surface area contributed by atoms with Crippen LogP contribution in [0.15, 0.2) is 0 Å². The van der Waals surface area contributed by atoms with E-state index < -0.39 is 5.60 Å². The Balaban J connectivity index is 1.73. The fraction of sp³-hybridized carbons (Fsp3) is 0.800. The molecule has 20 heavy (non-hydrogen) atoms. The van der Waals surface area contributed by atoms with E-state index in [1.165, 1.54) is 17.2 Å². The van der Waals surface area contributed by atoms with Crippen LogP contribution in [0.1, 0.15) is 43.4 Å². The number of β-amino-alcohol motifs (C(OH)–C–C–N with tert-alkyl or cyclic N) is 1. The van der Waals surface area contributed by atoms with Crippen molar-refractivity contribution in [3.8, 4) is 0 Å². The Morgan fingerprint density at radius 3 is 2.90 bits per heavy atom. The topological polar surface area (TPSA) is 53.3 Å². The van der Waals surface area contributed by atoms with Crippen molar-refractivity contribution >= 4 is 0 Å². The molecule has 0 radical (unpaired) electrons. The monoisotopic (exact) mass is 278 g/mol. The highest BCUT2D eigenvalue weighted by molar-refractivity contribution is 5.21. The van der Waals surface area contributed by atoms with Gasteiger partial charge in [0, 0.05) is 51.3 Å². The minimum Gasteiger partial charge on any atom is -0.387 e. The normalized spacial score (nSPS) is 27.2. The van der Waals surface area contributed by atoms with Crippen molar-refractivity contribution in [2.24, 2.45) is 7.05 Å². The molecule has 1 fully saturated rings. The Bertz CT molecular complexity index is 488. The van der Waals surface area contributed by atoms with Crippen LogP contribution in [0, 0.1) is 0 Å². The summed E-state index contributed by atoms with van der Waals surface area (Å²) in [6.45, 7) is 8.68. The fourth-order valence-corrected chi connectivity index (χ4v) is 3.54. The van der Waals surface area contributed by atoms with Crippen molar-refractivity contribution in [1.82, 2.24) is 19.8 Å². The number of nitrogens with zero attached hydrogens (tertiary/aromatic N) is 3. The molecule has 1 saturated heterocycles. The molecule has 2 aliphatic rings. The molecule has 0 amide bonds. The molecule has 1 aromatic rings. The molecule has 0 saturated carbocycles. The first kappa shape index (κ1) is 14.0. The zero-order valence-corrected chi connectivity index (χ0v) is 12.8. The van der Waals surface area contributed by atoms with E-state index in [0.29, 0.717) is 5.92 Å². The smallest absolute Gasteiger partial charge is 0.111 e. The van der Waals surface area contributed by atoms with Crippen LogP contribution in [0.5, 0.6) is 0 Å². The molecule has 112 valence electrons. The second-order valence-electron chi connectivity index (χ2n) is 6.69. The summed E-state index contributed by atoms with van der Waals surface area (Å²) in [5.41, 5.74) is 2.03. The third kappa shape index (κ3) is 2.50. The van der Waals surface area contributed by atoms with Gasteiger partial charge in [0.05, 0.1) is 11.3 Å². The highest BCUT2D eigenvalue weighted by Crippen LogP contribution is 2.25. The van der Waals surface area contributed by atoms with Gasteiger partial charge < -0.3 is 15.0 Å². The molecular formula is C15H26N4O. The Morgan fingerprint density at radius 2 is 2.25 bits per heavy atom. The number of hydrogen-bond donors (Lipinski definition) is 2. The molecule has 0 spiro atoms. The summed E-state index contributed by atoms with van der Waals surface area (Å²) in [4.78, 5) is 7.17. The lowest BCUT2D eigenvalue weighted by atomic mass is 10.0. The number of rotatable bonds is 3. The third-order valence-electron chi connectivity index (χ3n) is 4.62. The van der Waals surface area contributed by atoms with E-state index in [-0.39, 0.29) is 0 Å². The lowest BCUT2D eigenvalue weighted by Crippen LogP contribution is -2.46. The molecular weight excluding hydrogens is 252 g/mol. The van der Waals surface area contributed by atoms with Crippen molar-refractivity contribution in [2.75, 3.05) is 26.2 Å². The van der Waals surface area contributed by atoms with Gasteiger partial charge in [0.15, 0.2) is 0 Å². The summed E-state index contributed by atoms with van der Waals surface area (Å²) in [7, 11) is 2.13. The molecule has 0 bridgehead atoms. The standard InChI is InChI=1S/C15H26N4O/c1-11(2)14-17-12-8-19(7-4-13(12)18(14)3)10-15(20)5-6-16-9-15/h11,16,20H,4-10H2,1-3H3. The van der Waals surface area contributed by atoms with E-state index in [4.69, 9.17) is 4.98 Å². The van der Waals surface area contributed by atoms with E-state index in [1.807, 2.05) is 0 Å². The zero-order chi connectivity index (χ0) is 14.3. The molecule has 5 heteroatoms. The largest absolute Gasteiger partial charge is 0.387 e. The van der Waals surface area contributed by atoms with E-state index in [1.54, 1.807) is 0 Å². The summed E-state index contributed by atoms with van der Waals surface area (Å²) < 4.78 is 2.27. The van der Waals surface area contributed by atoms with Gasteiger partial charge in [-0.15, -0.1) is 0 Å². The second kappa shape index (κ2) is 5.13. The Kier molecular flexibility index (Phi) is 3.60. The van der Waals surface area contributed by atoms with Gasteiger partial charge in [0.25, 0.3) is 0 Å². The van der Waals surface area contributed by atoms with Gasteiger partial charge in [0.2, 0.25) is 0 Å². The number of aromatic nitrogens is 2. The quantitative estimate of drug-likeness (QED) is 0.851. The molecule has 0 aliphatic carbocycles. The van der Waals surface area contributed by atoms with Crippen LogP contribution in [-0.4, -0.2) is 51.3 Å². The van der Waals surface area contributed by atoms with Crippen LogP contribution in [-0.2, 0) is 20.0 Å². The van der Waals surface area contributed by atoms with Gasteiger partial charge in [-0.05, 0) is 13.0 Å². The molecule has 3 heterocycles. The molecule has 2 N–H and O–H groups in total. The number of aliphatic hydroxyl groups is 1.